The zero-order valence-electron chi connectivity index (χ0n) is 8.66. The standard InChI is InChI=1S/C12H11NO3/c1-2-5-13-12(14)9-3-4-10-11(8-9)16-7-6-15-10/h1,3-4,8H,5-7H2,(H,13,14). The molecule has 4 nitrogen and oxygen atoms in total. The van der Waals surface area contributed by atoms with Crippen LogP contribution < -0.4 is 14.8 Å². The summed E-state index contributed by atoms with van der Waals surface area (Å²) in [5.41, 5.74) is 0.513. The molecule has 0 aromatic heterocycles. The molecule has 1 aromatic rings. The largest absolute Gasteiger partial charge is 0.486 e. The first kappa shape index (κ1) is 10.4. The highest BCUT2D eigenvalue weighted by Gasteiger charge is 2.14. The first-order chi connectivity index (χ1) is 7.81. The Labute approximate surface area is 93.6 Å². The highest BCUT2D eigenvalue weighted by atomic mass is 16.6. The second-order valence-corrected chi connectivity index (χ2v) is 3.25. The van der Waals surface area contributed by atoms with E-state index >= 15 is 0 Å². The van der Waals surface area contributed by atoms with E-state index in [1.54, 1.807) is 18.2 Å². The predicted octanol–water partition coefficient (Wildman–Crippen LogP) is 0.821. The second kappa shape index (κ2) is 4.58. The summed E-state index contributed by atoms with van der Waals surface area (Å²) in [7, 11) is 0. The van der Waals surface area contributed by atoms with Crippen molar-refractivity contribution in [1.82, 2.24) is 5.32 Å². The smallest absolute Gasteiger partial charge is 0.252 e. The van der Waals surface area contributed by atoms with Gasteiger partial charge in [-0.15, -0.1) is 6.42 Å². The van der Waals surface area contributed by atoms with Crippen LogP contribution in [-0.2, 0) is 0 Å². The lowest BCUT2D eigenvalue weighted by Gasteiger charge is -2.18. The maximum atomic E-state index is 11.6. The van der Waals surface area contributed by atoms with Gasteiger partial charge in [-0.05, 0) is 18.2 Å². The third-order valence-electron chi connectivity index (χ3n) is 2.16. The van der Waals surface area contributed by atoms with Gasteiger partial charge >= 0.3 is 0 Å². The number of ether oxygens (including phenoxy) is 2. The van der Waals surface area contributed by atoms with Crippen LogP contribution in [0.1, 0.15) is 10.4 Å². The van der Waals surface area contributed by atoms with Gasteiger partial charge in [0, 0.05) is 5.56 Å². The maximum Gasteiger partial charge on any atom is 0.252 e. The molecule has 0 saturated carbocycles. The van der Waals surface area contributed by atoms with Crippen LogP contribution in [0.4, 0.5) is 0 Å². The Morgan fingerprint density at radius 3 is 2.88 bits per heavy atom. The monoisotopic (exact) mass is 217 g/mol. The number of hydrogen-bond donors (Lipinski definition) is 1. The first-order valence-corrected chi connectivity index (χ1v) is 4.92. The summed E-state index contributed by atoms with van der Waals surface area (Å²) in [5, 5.41) is 2.58. The Kier molecular flexibility index (Phi) is 2.97. The van der Waals surface area contributed by atoms with E-state index in [9.17, 15) is 4.79 Å². The molecule has 1 aromatic carbocycles. The number of fused-ring (bicyclic) bond motifs is 1. The van der Waals surface area contributed by atoms with Crippen molar-refractivity contribution in [1.29, 1.82) is 0 Å². The summed E-state index contributed by atoms with van der Waals surface area (Å²) in [5.74, 6) is 3.39. The Morgan fingerprint density at radius 1 is 1.38 bits per heavy atom. The maximum absolute atomic E-state index is 11.6. The minimum absolute atomic E-state index is 0.213. The lowest BCUT2D eigenvalue weighted by Crippen LogP contribution is -2.24. The summed E-state index contributed by atoms with van der Waals surface area (Å²) >= 11 is 0. The first-order valence-electron chi connectivity index (χ1n) is 4.92. The van der Waals surface area contributed by atoms with Crippen molar-refractivity contribution in [3.63, 3.8) is 0 Å². The van der Waals surface area contributed by atoms with E-state index in [2.05, 4.69) is 11.2 Å². The minimum Gasteiger partial charge on any atom is -0.486 e. The number of carbonyl (C=O) groups excluding carboxylic acids is 1. The van der Waals surface area contributed by atoms with Crippen LogP contribution in [0.15, 0.2) is 18.2 Å². The molecule has 0 atom stereocenters. The molecular weight excluding hydrogens is 206 g/mol. The Balaban J connectivity index is 2.17. The van der Waals surface area contributed by atoms with E-state index < -0.39 is 0 Å². The van der Waals surface area contributed by atoms with Crippen molar-refractivity contribution in [3.05, 3.63) is 23.8 Å². The molecule has 0 bridgehead atoms. The number of nitrogens with one attached hydrogen (secondary N) is 1. The van der Waals surface area contributed by atoms with E-state index in [-0.39, 0.29) is 12.5 Å². The zero-order chi connectivity index (χ0) is 11.4. The van der Waals surface area contributed by atoms with Crippen molar-refractivity contribution in [2.45, 2.75) is 0 Å². The molecule has 0 fully saturated rings. The summed E-state index contributed by atoms with van der Waals surface area (Å²) in [6, 6.07) is 5.05. The van der Waals surface area contributed by atoms with Gasteiger partial charge in [0.05, 0.1) is 6.54 Å². The van der Waals surface area contributed by atoms with E-state index in [1.165, 1.54) is 0 Å². The number of benzene rings is 1. The molecular formula is C12H11NO3. The molecule has 1 aliphatic rings. The normalized spacial score (nSPS) is 12.7. The van der Waals surface area contributed by atoms with E-state index in [1.807, 2.05) is 0 Å². The van der Waals surface area contributed by atoms with Crippen LogP contribution in [0.2, 0.25) is 0 Å². The van der Waals surface area contributed by atoms with Gasteiger partial charge in [-0.2, -0.15) is 0 Å². The van der Waals surface area contributed by atoms with Gasteiger partial charge < -0.3 is 14.8 Å². The molecule has 1 N–H and O–H groups in total. The fourth-order valence-corrected chi connectivity index (χ4v) is 1.42. The predicted molar refractivity (Wildman–Crippen MR) is 58.6 cm³/mol. The molecule has 1 amide bonds. The van der Waals surface area contributed by atoms with Gasteiger partial charge in [0.2, 0.25) is 0 Å². The van der Waals surface area contributed by atoms with Gasteiger partial charge in [-0.25, -0.2) is 0 Å². The lowest BCUT2D eigenvalue weighted by atomic mass is 10.2. The summed E-state index contributed by atoms with van der Waals surface area (Å²) in [4.78, 5) is 11.6. The van der Waals surface area contributed by atoms with Gasteiger partial charge in [0.15, 0.2) is 11.5 Å². The summed E-state index contributed by atoms with van der Waals surface area (Å²) in [6.07, 6.45) is 5.06. The summed E-state index contributed by atoms with van der Waals surface area (Å²) < 4.78 is 10.7. The highest BCUT2D eigenvalue weighted by molar-refractivity contribution is 5.95. The summed E-state index contributed by atoms with van der Waals surface area (Å²) in [6.45, 7) is 1.26. The molecule has 0 aliphatic carbocycles. The zero-order valence-corrected chi connectivity index (χ0v) is 8.66. The number of rotatable bonds is 2. The molecule has 2 rings (SSSR count). The van der Waals surface area contributed by atoms with Crippen LogP contribution in [0, 0.1) is 12.3 Å². The van der Waals surface area contributed by atoms with Crippen molar-refractivity contribution in [2.75, 3.05) is 19.8 Å². The van der Waals surface area contributed by atoms with Gasteiger partial charge in [-0.1, -0.05) is 5.92 Å². The fraction of sp³-hybridized carbons (Fsp3) is 0.250. The fourth-order valence-electron chi connectivity index (χ4n) is 1.42. The van der Waals surface area contributed by atoms with E-state index in [0.717, 1.165) is 0 Å². The van der Waals surface area contributed by atoms with E-state index in [4.69, 9.17) is 15.9 Å². The second-order valence-electron chi connectivity index (χ2n) is 3.25. The SMILES string of the molecule is C#CCNC(=O)c1ccc2c(c1)OCCO2. The number of hydrogen-bond acceptors (Lipinski definition) is 3. The van der Waals surface area contributed by atoms with Crippen LogP contribution in [-0.4, -0.2) is 25.7 Å². The molecule has 0 spiro atoms. The van der Waals surface area contributed by atoms with Crippen molar-refractivity contribution in [3.8, 4) is 23.8 Å². The highest BCUT2D eigenvalue weighted by Crippen LogP contribution is 2.30. The molecule has 1 heterocycles. The van der Waals surface area contributed by atoms with Crippen molar-refractivity contribution >= 4 is 5.91 Å². The Bertz CT molecular complexity index is 448. The lowest BCUT2D eigenvalue weighted by molar-refractivity contribution is 0.0957. The average molecular weight is 217 g/mol. The number of carbonyl (C=O) groups is 1. The molecule has 82 valence electrons. The van der Waals surface area contributed by atoms with Crippen molar-refractivity contribution in [2.24, 2.45) is 0 Å². The number of amides is 1. The topological polar surface area (TPSA) is 47.6 Å². The molecule has 0 radical (unpaired) electrons. The third-order valence-corrected chi connectivity index (χ3v) is 2.16. The quantitative estimate of drug-likeness (QED) is 0.746. The van der Waals surface area contributed by atoms with Crippen LogP contribution >= 0.6 is 0 Å². The molecule has 0 unspecified atom stereocenters. The molecule has 16 heavy (non-hydrogen) atoms. The van der Waals surface area contributed by atoms with Crippen LogP contribution in [0.5, 0.6) is 11.5 Å². The van der Waals surface area contributed by atoms with Crippen LogP contribution in [0.25, 0.3) is 0 Å². The average Bonchev–Trinajstić information content (AvgIpc) is 2.35. The molecule has 1 aliphatic heterocycles. The molecule has 0 saturated heterocycles. The third kappa shape index (κ3) is 2.09. The molecule has 4 heteroatoms. The van der Waals surface area contributed by atoms with Crippen molar-refractivity contribution < 1.29 is 14.3 Å². The van der Waals surface area contributed by atoms with Gasteiger partial charge in [-0.3, -0.25) is 4.79 Å². The minimum atomic E-state index is -0.213. The van der Waals surface area contributed by atoms with Gasteiger partial charge in [0.1, 0.15) is 13.2 Å². The Morgan fingerprint density at radius 2 is 2.12 bits per heavy atom. The van der Waals surface area contributed by atoms with E-state index in [0.29, 0.717) is 30.3 Å². The van der Waals surface area contributed by atoms with Gasteiger partial charge in [0.25, 0.3) is 5.91 Å². The number of terminal acetylenes is 1. The Hall–Kier alpha value is -2.15. The van der Waals surface area contributed by atoms with Crippen LogP contribution in [0.3, 0.4) is 0 Å².